The van der Waals surface area contributed by atoms with Crippen LogP contribution in [-0.4, -0.2) is 87.7 Å². The van der Waals surface area contributed by atoms with Crippen LogP contribution in [0.5, 0.6) is 0 Å². The standard InChI is InChI=1S/2C7H15N.C6H13N.C6H15N/c1-7-3-5-8(2)6-4-7;1-7-4-3-5-8(2)6-7;1-6-3-4-7(2)5-6;1-5-6(2,3)7-4/h2*7H,3-6H2,1-2H3;6H,3-5H2,1-2H3;7H,5H2,1-4H3. The molecule has 0 aromatic heterocycles. The maximum absolute atomic E-state index is 3.19. The Labute approximate surface area is 191 Å². The third kappa shape index (κ3) is 16.5. The summed E-state index contributed by atoms with van der Waals surface area (Å²) in [5, 5.41) is 3.19. The van der Waals surface area contributed by atoms with Gasteiger partial charge in [-0.25, -0.2) is 0 Å². The Morgan fingerprint density at radius 3 is 1.37 bits per heavy atom. The van der Waals surface area contributed by atoms with Gasteiger partial charge in [0, 0.05) is 18.6 Å². The molecule has 0 aliphatic carbocycles. The fourth-order valence-electron chi connectivity index (χ4n) is 3.89. The van der Waals surface area contributed by atoms with E-state index in [1.165, 1.54) is 77.8 Å². The number of hydrogen-bond donors (Lipinski definition) is 1. The third-order valence-corrected chi connectivity index (χ3v) is 7.05. The first-order valence-corrected chi connectivity index (χ1v) is 12.7. The monoisotopic (exact) mass is 426 g/mol. The molecule has 0 spiro atoms. The molecule has 0 aromatic carbocycles. The van der Waals surface area contributed by atoms with Crippen molar-refractivity contribution in [2.24, 2.45) is 17.8 Å². The molecule has 3 aliphatic rings. The quantitative estimate of drug-likeness (QED) is 0.667. The van der Waals surface area contributed by atoms with Gasteiger partial charge in [-0.05, 0) is 124 Å². The van der Waals surface area contributed by atoms with Gasteiger partial charge in [0.05, 0.1) is 0 Å². The molecular formula is C26H58N4. The molecule has 4 heteroatoms. The van der Waals surface area contributed by atoms with Crippen molar-refractivity contribution in [1.82, 2.24) is 20.0 Å². The molecule has 3 aliphatic heterocycles. The predicted octanol–water partition coefficient (Wildman–Crippen LogP) is 5.05. The normalized spacial score (nSPS) is 26.6. The summed E-state index contributed by atoms with van der Waals surface area (Å²) >= 11 is 0. The van der Waals surface area contributed by atoms with Crippen LogP contribution in [0.25, 0.3) is 0 Å². The van der Waals surface area contributed by atoms with E-state index in [0.29, 0.717) is 5.54 Å². The smallest absolute Gasteiger partial charge is 0.0119 e. The van der Waals surface area contributed by atoms with Crippen molar-refractivity contribution in [3.8, 4) is 0 Å². The Hall–Kier alpha value is -0.160. The Bertz CT molecular complexity index is 358. The average molecular weight is 427 g/mol. The largest absolute Gasteiger partial charge is 0.315 e. The molecule has 0 aromatic rings. The van der Waals surface area contributed by atoms with Gasteiger partial charge in [-0.1, -0.05) is 27.7 Å². The molecule has 3 heterocycles. The third-order valence-electron chi connectivity index (χ3n) is 7.05. The molecule has 2 unspecified atom stereocenters. The number of piperidine rings is 2. The zero-order valence-corrected chi connectivity index (χ0v) is 22.6. The molecule has 30 heavy (non-hydrogen) atoms. The summed E-state index contributed by atoms with van der Waals surface area (Å²) in [5.41, 5.74) is 0.333. The van der Waals surface area contributed by atoms with Crippen LogP contribution < -0.4 is 5.32 Å². The number of hydrogen-bond acceptors (Lipinski definition) is 4. The van der Waals surface area contributed by atoms with Crippen molar-refractivity contribution in [3.63, 3.8) is 0 Å². The van der Waals surface area contributed by atoms with Gasteiger partial charge in [-0.3, -0.25) is 0 Å². The molecule has 0 saturated carbocycles. The number of nitrogens with zero attached hydrogens (tertiary/aromatic N) is 3. The second-order valence-electron chi connectivity index (χ2n) is 11.1. The highest BCUT2D eigenvalue weighted by Gasteiger charge is 2.13. The predicted molar refractivity (Wildman–Crippen MR) is 136 cm³/mol. The summed E-state index contributed by atoms with van der Waals surface area (Å²) in [7, 11) is 8.58. The summed E-state index contributed by atoms with van der Waals surface area (Å²) in [6.45, 7) is 21.4. The van der Waals surface area contributed by atoms with Crippen LogP contribution in [0.2, 0.25) is 0 Å². The fourth-order valence-corrected chi connectivity index (χ4v) is 3.89. The zero-order valence-electron chi connectivity index (χ0n) is 22.6. The Morgan fingerprint density at radius 2 is 1.13 bits per heavy atom. The molecule has 3 fully saturated rings. The second kappa shape index (κ2) is 16.5. The summed E-state index contributed by atoms with van der Waals surface area (Å²) in [6, 6.07) is 0. The molecule has 2 atom stereocenters. The molecule has 3 rings (SSSR count). The first-order valence-electron chi connectivity index (χ1n) is 12.7. The average Bonchev–Trinajstić information content (AvgIpc) is 3.08. The van der Waals surface area contributed by atoms with Crippen LogP contribution in [0.1, 0.15) is 80.1 Å². The molecule has 0 radical (unpaired) electrons. The van der Waals surface area contributed by atoms with E-state index in [2.05, 4.69) is 82.7 Å². The highest BCUT2D eigenvalue weighted by Crippen LogP contribution is 2.14. The van der Waals surface area contributed by atoms with Crippen LogP contribution >= 0.6 is 0 Å². The van der Waals surface area contributed by atoms with Crippen molar-refractivity contribution >= 4 is 0 Å². The van der Waals surface area contributed by atoms with E-state index in [0.717, 1.165) is 17.8 Å². The van der Waals surface area contributed by atoms with Gasteiger partial charge in [0.2, 0.25) is 0 Å². The summed E-state index contributed by atoms with van der Waals surface area (Å²) < 4.78 is 0. The van der Waals surface area contributed by atoms with Crippen LogP contribution in [-0.2, 0) is 0 Å². The van der Waals surface area contributed by atoms with E-state index >= 15 is 0 Å². The van der Waals surface area contributed by atoms with Gasteiger partial charge in [0.1, 0.15) is 0 Å². The maximum Gasteiger partial charge on any atom is 0.0119 e. The van der Waals surface area contributed by atoms with E-state index in [1.54, 1.807) is 0 Å². The lowest BCUT2D eigenvalue weighted by molar-refractivity contribution is 0.221. The van der Waals surface area contributed by atoms with Crippen molar-refractivity contribution in [2.75, 3.05) is 67.5 Å². The molecule has 3 saturated heterocycles. The van der Waals surface area contributed by atoms with E-state index < -0.39 is 0 Å². The lowest BCUT2D eigenvalue weighted by Crippen LogP contribution is -2.34. The zero-order chi connectivity index (χ0) is 23.2. The minimum atomic E-state index is 0.333. The highest BCUT2D eigenvalue weighted by molar-refractivity contribution is 4.71. The summed E-state index contributed by atoms with van der Waals surface area (Å²) in [5.74, 6) is 2.87. The Morgan fingerprint density at radius 1 is 0.700 bits per heavy atom. The van der Waals surface area contributed by atoms with Gasteiger partial charge >= 0.3 is 0 Å². The molecular weight excluding hydrogens is 368 g/mol. The first-order chi connectivity index (χ1) is 14.0. The van der Waals surface area contributed by atoms with Crippen molar-refractivity contribution in [1.29, 1.82) is 0 Å². The number of likely N-dealkylation sites (tertiary alicyclic amines) is 3. The lowest BCUT2D eigenvalue weighted by Gasteiger charge is -2.26. The fraction of sp³-hybridized carbons (Fsp3) is 1.00. The molecule has 182 valence electrons. The number of nitrogens with one attached hydrogen (secondary N) is 1. The molecule has 1 N–H and O–H groups in total. The van der Waals surface area contributed by atoms with Gasteiger partial charge < -0.3 is 20.0 Å². The van der Waals surface area contributed by atoms with Gasteiger partial charge in [-0.15, -0.1) is 0 Å². The van der Waals surface area contributed by atoms with Crippen LogP contribution in [0, 0.1) is 17.8 Å². The van der Waals surface area contributed by atoms with Gasteiger partial charge in [0.25, 0.3) is 0 Å². The maximum atomic E-state index is 3.19. The second-order valence-corrected chi connectivity index (χ2v) is 11.1. The molecule has 0 amide bonds. The minimum Gasteiger partial charge on any atom is -0.315 e. The van der Waals surface area contributed by atoms with Crippen LogP contribution in [0.15, 0.2) is 0 Å². The van der Waals surface area contributed by atoms with Gasteiger partial charge in [0.15, 0.2) is 0 Å². The summed E-state index contributed by atoms with van der Waals surface area (Å²) in [4.78, 5) is 7.19. The molecule has 4 nitrogen and oxygen atoms in total. The summed E-state index contributed by atoms with van der Waals surface area (Å²) in [6.07, 6.45) is 8.22. The topological polar surface area (TPSA) is 21.8 Å². The lowest BCUT2D eigenvalue weighted by atomic mass is 10.00. The van der Waals surface area contributed by atoms with E-state index in [-0.39, 0.29) is 0 Å². The SMILES string of the molecule is CC1CCCN(C)C1.CC1CCN(C)C1.CC1CCN(C)CC1.CCC(C)(C)NC. The van der Waals surface area contributed by atoms with Crippen LogP contribution in [0.3, 0.4) is 0 Å². The Balaban J connectivity index is 0.000000375. The Kier molecular flexibility index (Phi) is 16.4. The van der Waals surface area contributed by atoms with Crippen molar-refractivity contribution < 1.29 is 0 Å². The highest BCUT2D eigenvalue weighted by atomic mass is 15.1. The van der Waals surface area contributed by atoms with Crippen LogP contribution in [0.4, 0.5) is 0 Å². The van der Waals surface area contributed by atoms with E-state index in [1.807, 2.05) is 7.05 Å². The number of rotatable bonds is 2. The first kappa shape index (κ1) is 29.8. The van der Waals surface area contributed by atoms with Gasteiger partial charge in [-0.2, -0.15) is 0 Å². The van der Waals surface area contributed by atoms with E-state index in [4.69, 9.17) is 0 Å². The van der Waals surface area contributed by atoms with Crippen molar-refractivity contribution in [3.05, 3.63) is 0 Å². The molecule has 0 bridgehead atoms. The van der Waals surface area contributed by atoms with Crippen molar-refractivity contribution in [2.45, 2.75) is 85.6 Å². The minimum absolute atomic E-state index is 0.333. The van der Waals surface area contributed by atoms with E-state index in [9.17, 15) is 0 Å².